The van der Waals surface area contributed by atoms with Crippen molar-refractivity contribution in [3.8, 4) is 0 Å². The highest BCUT2D eigenvalue weighted by atomic mass is 35.5. The Morgan fingerprint density at radius 1 is 1.24 bits per heavy atom. The van der Waals surface area contributed by atoms with Crippen molar-refractivity contribution in [2.45, 2.75) is 44.9 Å². The van der Waals surface area contributed by atoms with Crippen molar-refractivity contribution in [3.05, 3.63) is 28.8 Å². The van der Waals surface area contributed by atoms with E-state index in [0.29, 0.717) is 6.04 Å². The molecule has 1 aromatic rings. The van der Waals surface area contributed by atoms with Crippen LogP contribution in [0.5, 0.6) is 0 Å². The average molecular weight is 321 g/mol. The molecule has 1 heterocycles. The predicted molar refractivity (Wildman–Crippen MR) is 79.8 cm³/mol. The molecule has 1 aliphatic rings. The highest BCUT2D eigenvalue weighted by Crippen LogP contribution is 2.37. The molecule has 0 spiro atoms. The molecule has 1 saturated heterocycles. The second-order valence-electron chi connectivity index (χ2n) is 5.74. The third-order valence-corrected chi connectivity index (χ3v) is 4.14. The third-order valence-electron chi connectivity index (χ3n) is 3.91. The quantitative estimate of drug-likeness (QED) is 0.872. The number of nitrogens with one attached hydrogen (secondary N) is 1. The molecule has 1 aliphatic heterocycles. The van der Waals surface area contributed by atoms with Gasteiger partial charge in [-0.15, -0.1) is 0 Å². The summed E-state index contributed by atoms with van der Waals surface area (Å²) in [4.78, 5) is 2.34. The zero-order chi connectivity index (χ0) is 15.6. The molecular formula is C15H20ClF3N2. The molecule has 2 rings (SSSR count). The molecule has 0 amide bonds. The summed E-state index contributed by atoms with van der Waals surface area (Å²) < 4.78 is 39.1. The lowest BCUT2D eigenvalue weighted by Gasteiger charge is -2.35. The number of hydrogen-bond acceptors (Lipinski definition) is 2. The Bertz CT molecular complexity index is 480. The zero-order valence-electron chi connectivity index (χ0n) is 12.2. The van der Waals surface area contributed by atoms with Crippen molar-refractivity contribution in [1.29, 1.82) is 0 Å². The smallest absolute Gasteiger partial charge is 0.382 e. The van der Waals surface area contributed by atoms with Gasteiger partial charge in [-0.25, -0.2) is 0 Å². The molecule has 118 valence electrons. The van der Waals surface area contributed by atoms with E-state index in [2.05, 4.69) is 24.1 Å². The fraction of sp³-hybridized carbons (Fsp3) is 0.600. The molecule has 0 bridgehead atoms. The second-order valence-corrected chi connectivity index (χ2v) is 6.17. The lowest BCUT2D eigenvalue weighted by Crippen LogP contribution is -2.42. The fourth-order valence-electron chi connectivity index (χ4n) is 2.66. The Kier molecular flexibility index (Phi) is 5.04. The topological polar surface area (TPSA) is 15.3 Å². The molecule has 0 aromatic heterocycles. The van der Waals surface area contributed by atoms with E-state index >= 15 is 0 Å². The number of alkyl halides is 3. The van der Waals surface area contributed by atoms with Crippen molar-refractivity contribution >= 4 is 17.3 Å². The summed E-state index contributed by atoms with van der Waals surface area (Å²) in [6.07, 6.45) is -2.71. The largest absolute Gasteiger partial charge is 0.418 e. The molecule has 6 heteroatoms. The van der Waals surface area contributed by atoms with Gasteiger partial charge in [-0.05, 0) is 44.9 Å². The van der Waals surface area contributed by atoms with Crippen LogP contribution < -0.4 is 5.32 Å². The number of piperidine rings is 1. The molecule has 0 unspecified atom stereocenters. The summed E-state index contributed by atoms with van der Waals surface area (Å²) in [6.45, 7) is 6.08. The van der Waals surface area contributed by atoms with E-state index in [1.54, 1.807) is 0 Å². The fourth-order valence-corrected chi connectivity index (χ4v) is 2.83. The Morgan fingerprint density at radius 2 is 1.86 bits per heavy atom. The molecule has 2 nitrogen and oxygen atoms in total. The number of benzene rings is 1. The molecule has 0 saturated carbocycles. The zero-order valence-corrected chi connectivity index (χ0v) is 12.9. The summed E-state index contributed by atoms with van der Waals surface area (Å²) in [5.74, 6) is 0. The number of rotatable bonds is 3. The SMILES string of the molecule is CC(C)N1CCC(Nc2ccc(Cl)cc2C(F)(F)F)CC1. The summed E-state index contributed by atoms with van der Waals surface area (Å²) in [6, 6.07) is 4.43. The minimum Gasteiger partial charge on any atom is -0.382 e. The van der Waals surface area contributed by atoms with Crippen LogP contribution in [0.25, 0.3) is 0 Å². The maximum Gasteiger partial charge on any atom is 0.418 e. The van der Waals surface area contributed by atoms with Gasteiger partial charge in [0, 0.05) is 35.9 Å². The van der Waals surface area contributed by atoms with Crippen molar-refractivity contribution in [1.82, 2.24) is 4.90 Å². The van der Waals surface area contributed by atoms with Crippen LogP contribution in [0.3, 0.4) is 0 Å². The average Bonchev–Trinajstić information content (AvgIpc) is 2.40. The minimum absolute atomic E-state index is 0.0716. The van der Waals surface area contributed by atoms with Crippen LogP contribution in [0.1, 0.15) is 32.3 Å². The molecule has 0 atom stereocenters. The van der Waals surface area contributed by atoms with Crippen LogP contribution in [0.4, 0.5) is 18.9 Å². The summed E-state index contributed by atoms with van der Waals surface area (Å²) in [7, 11) is 0. The molecule has 1 fully saturated rings. The highest BCUT2D eigenvalue weighted by molar-refractivity contribution is 6.30. The van der Waals surface area contributed by atoms with Gasteiger partial charge in [-0.2, -0.15) is 13.2 Å². The van der Waals surface area contributed by atoms with Gasteiger partial charge >= 0.3 is 6.18 Å². The van der Waals surface area contributed by atoms with Crippen LogP contribution in [0.2, 0.25) is 5.02 Å². The lowest BCUT2D eigenvalue weighted by atomic mass is 10.0. The number of hydrogen-bond donors (Lipinski definition) is 1. The monoisotopic (exact) mass is 320 g/mol. The van der Waals surface area contributed by atoms with Gasteiger partial charge in [-0.3, -0.25) is 0 Å². The van der Waals surface area contributed by atoms with Crippen LogP contribution in [0, 0.1) is 0 Å². The van der Waals surface area contributed by atoms with E-state index in [1.165, 1.54) is 12.1 Å². The van der Waals surface area contributed by atoms with Gasteiger partial charge in [-0.1, -0.05) is 11.6 Å². The summed E-state index contributed by atoms with van der Waals surface area (Å²) in [5.41, 5.74) is -0.573. The van der Waals surface area contributed by atoms with Crippen LogP contribution >= 0.6 is 11.6 Å². The first-order valence-electron chi connectivity index (χ1n) is 7.14. The number of nitrogens with zero attached hydrogens (tertiary/aromatic N) is 1. The van der Waals surface area contributed by atoms with E-state index in [0.717, 1.165) is 32.0 Å². The number of likely N-dealkylation sites (tertiary alicyclic amines) is 1. The van der Waals surface area contributed by atoms with E-state index < -0.39 is 11.7 Å². The van der Waals surface area contributed by atoms with Gasteiger partial charge in [0.1, 0.15) is 0 Å². The maximum atomic E-state index is 13.0. The Hall–Kier alpha value is -0.940. The van der Waals surface area contributed by atoms with Gasteiger partial charge in [0.2, 0.25) is 0 Å². The van der Waals surface area contributed by atoms with E-state index in [4.69, 9.17) is 11.6 Å². The molecule has 21 heavy (non-hydrogen) atoms. The normalized spacial score (nSPS) is 18.2. The van der Waals surface area contributed by atoms with Gasteiger partial charge < -0.3 is 10.2 Å². The summed E-state index contributed by atoms with van der Waals surface area (Å²) >= 11 is 5.69. The number of halogens is 4. The first-order valence-corrected chi connectivity index (χ1v) is 7.52. The molecule has 0 radical (unpaired) electrons. The van der Waals surface area contributed by atoms with Crippen LogP contribution in [-0.2, 0) is 6.18 Å². The van der Waals surface area contributed by atoms with Gasteiger partial charge in [0.05, 0.1) is 5.56 Å². The molecular weight excluding hydrogens is 301 g/mol. The van der Waals surface area contributed by atoms with E-state index in [1.807, 2.05) is 0 Å². The standard InChI is InChI=1S/C15H20ClF3N2/c1-10(2)21-7-5-12(6-8-21)20-14-4-3-11(16)9-13(14)15(17,18)19/h3-4,9-10,12,20H,5-8H2,1-2H3. The van der Waals surface area contributed by atoms with Crippen molar-refractivity contribution in [3.63, 3.8) is 0 Å². The molecule has 0 aliphatic carbocycles. The molecule has 1 aromatic carbocycles. The Labute approximate surface area is 128 Å². The third kappa shape index (κ3) is 4.27. The van der Waals surface area contributed by atoms with Crippen molar-refractivity contribution < 1.29 is 13.2 Å². The van der Waals surface area contributed by atoms with Crippen molar-refractivity contribution in [2.75, 3.05) is 18.4 Å². The highest BCUT2D eigenvalue weighted by Gasteiger charge is 2.34. The first-order chi connectivity index (χ1) is 9.77. The van der Waals surface area contributed by atoms with Gasteiger partial charge in [0.15, 0.2) is 0 Å². The minimum atomic E-state index is -4.40. The number of anilines is 1. The lowest BCUT2D eigenvalue weighted by molar-refractivity contribution is -0.137. The first kappa shape index (κ1) is 16.4. The van der Waals surface area contributed by atoms with E-state index in [9.17, 15) is 13.2 Å². The van der Waals surface area contributed by atoms with Crippen LogP contribution in [-0.4, -0.2) is 30.1 Å². The van der Waals surface area contributed by atoms with Crippen molar-refractivity contribution in [2.24, 2.45) is 0 Å². The van der Waals surface area contributed by atoms with Crippen LogP contribution in [0.15, 0.2) is 18.2 Å². The summed E-state index contributed by atoms with van der Waals surface area (Å²) in [5, 5.41) is 3.14. The Morgan fingerprint density at radius 3 is 2.38 bits per heavy atom. The van der Waals surface area contributed by atoms with E-state index in [-0.39, 0.29) is 16.8 Å². The predicted octanol–water partition coefficient (Wildman–Crippen LogP) is 4.64. The van der Waals surface area contributed by atoms with Gasteiger partial charge in [0.25, 0.3) is 0 Å². The maximum absolute atomic E-state index is 13.0. The molecule has 1 N–H and O–H groups in total. The Balaban J connectivity index is 2.07. The second kappa shape index (κ2) is 6.44.